The molecule has 1 aromatic carbocycles. The van der Waals surface area contributed by atoms with E-state index in [2.05, 4.69) is 15.5 Å². The van der Waals surface area contributed by atoms with Gasteiger partial charge in [-0.2, -0.15) is 0 Å². The van der Waals surface area contributed by atoms with Gasteiger partial charge in [-0.25, -0.2) is 4.98 Å². The number of para-hydroxylation sites is 1. The number of fused-ring (bicyclic) bond motifs is 2. The van der Waals surface area contributed by atoms with Gasteiger partial charge >= 0.3 is 0 Å². The molecule has 1 fully saturated rings. The van der Waals surface area contributed by atoms with E-state index in [1.165, 1.54) is 0 Å². The normalized spacial score (nSPS) is 14.3. The molecule has 9 nitrogen and oxygen atoms in total. The number of ether oxygens (including phenoxy) is 1. The molecule has 0 atom stereocenters. The van der Waals surface area contributed by atoms with Gasteiger partial charge in [-0.05, 0) is 32.0 Å². The van der Waals surface area contributed by atoms with Crippen LogP contribution < -0.4 is 5.32 Å². The molecule has 0 saturated carbocycles. The zero-order valence-electron chi connectivity index (χ0n) is 17.1. The van der Waals surface area contributed by atoms with Crippen molar-refractivity contribution in [2.24, 2.45) is 0 Å². The Hall–Kier alpha value is -3.72. The van der Waals surface area contributed by atoms with Crippen LogP contribution in [0.4, 0.5) is 5.69 Å². The summed E-state index contributed by atoms with van der Waals surface area (Å²) in [5.74, 6) is -0.586. The first kappa shape index (κ1) is 19.3. The van der Waals surface area contributed by atoms with Crippen molar-refractivity contribution in [2.45, 2.75) is 13.8 Å². The maximum absolute atomic E-state index is 13.3. The first-order valence-electron chi connectivity index (χ1n) is 9.96. The van der Waals surface area contributed by atoms with E-state index in [4.69, 9.17) is 13.7 Å². The zero-order chi connectivity index (χ0) is 21.5. The number of aromatic nitrogens is 2. The van der Waals surface area contributed by atoms with Crippen LogP contribution in [0.2, 0.25) is 0 Å². The monoisotopic (exact) mass is 420 g/mol. The van der Waals surface area contributed by atoms with Crippen LogP contribution in [0.3, 0.4) is 0 Å². The lowest BCUT2D eigenvalue weighted by Gasteiger charge is -2.26. The second kappa shape index (κ2) is 7.51. The molecule has 4 aromatic rings. The van der Waals surface area contributed by atoms with E-state index < -0.39 is 5.91 Å². The summed E-state index contributed by atoms with van der Waals surface area (Å²) in [6.07, 6.45) is 0. The van der Waals surface area contributed by atoms with Crippen LogP contribution in [-0.2, 0) is 4.74 Å². The predicted molar refractivity (Wildman–Crippen MR) is 112 cm³/mol. The SMILES string of the molecule is Cc1cc(C(=O)Nc2c(C(=O)N3CCOCC3)oc3ccccc23)c2c(C)noc2n1. The van der Waals surface area contributed by atoms with Gasteiger partial charge in [-0.15, -0.1) is 0 Å². The number of amides is 2. The number of aryl methyl sites for hydroxylation is 2. The number of hydrogen-bond acceptors (Lipinski definition) is 7. The molecule has 1 aliphatic rings. The number of nitrogens with one attached hydrogen (secondary N) is 1. The molecule has 158 valence electrons. The van der Waals surface area contributed by atoms with Gasteiger partial charge in [0.15, 0.2) is 0 Å². The second-order valence-corrected chi connectivity index (χ2v) is 7.42. The predicted octanol–water partition coefficient (Wildman–Crippen LogP) is 3.31. The van der Waals surface area contributed by atoms with Gasteiger partial charge in [0, 0.05) is 24.2 Å². The van der Waals surface area contributed by atoms with Gasteiger partial charge in [-0.1, -0.05) is 17.3 Å². The smallest absolute Gasteiger partial charge is 0.291 e. The Balaban J connectivity index is 1.58. The van der Waals surface area contributed by atoms with Crippen molar-refractivity contribution < 1.29 is 23.3 Å². The van der Waals surface area contributed by atoms with E-state index in [9.17, 15) is 9.59 Å². The molecular weight excluding hydrogens is 400 g/mol. The summed E-state index contributed by atoms with van der Waals surface area (Å²) in [6, 6.07) is 8.89. The molecule has 3 aromatic heterocycles. The summed E-state index contributed by atoms with van der Waals surface area (Å²) < 4.78 is 16.5. The second-order valence-electron chi connectivity index (χ2n) is 7.42. The number of anilines is 1. The van der Waals surface area contributed by atoms with E-state index in [0.29, 0.717) is 71.0 Å². The van der Waals surface area contributed by atoms with Gasteiger partial charge in [0.1, 0.15) is 11.3 Å². The Labute approximate surface area is 176 Å². The molecule has 4 heterocycles. The Morgan fingerprint density at radius 3 is 2.71 bits per heavy atom. The van der Waals surface area contributed by atoms with Crippen LogP contribution in [0.1, 0.15) is 32.3 Å². The lowest BCUT2D eigenvalue weighted by Crippen LogP contribution is -2.40. The topological polar surface area (TPSA) is 111 Å². The van der Waals surface area contributed by atoms with Gasteiger partial charge < -0.3 is 23.9 Å². The largest absolute Gasteiger partial charge is 0.449 e. The molecule has 31 heavy (non-hydrogen) atoms. The van der Waals surface area contributed by atoms with Crippen LogP contribution >= 0.6 is 0 Å². The Kier molecular flexibility index (Phi) is 4.67. The van der Waals surface area contributed by atoms with Crippen molar-refractivity contribution in [3.05, 3.63) is 53.0 Å². The average molecular weight is 420 g/mol. The third-order valence-electron chi connectivity index (χ3n) is 5.32. The molecule has 0 aliphatic carbocycles. The number of pyridine rings is 1. The Morgan fingerprint density at radius 1 is 1.13 bits per heavy atom. The zero-order valence-corrected chi connectivity index (χ0v) is 17.1. The molecule has 0 bridgehead atoms. The van der Waals surface area contributed by atoms with E-state index in [1.54, 1.807) is 30.9 Å². The highest BCUT2D eigenvalue weighted by molar-refractivity contribution is 6.17. The van der Waals surface area contributed by atoms with E-state index >= 15 is 0 Å². The molecule has 0 radical (unpaired) electrons. The maximum Gasteiger partial charge on any atom is 0.291 e. The van der Waals surface area contributed by atoms with Crippen molar-refractivity contribution in [1.29, 1.82) is 0 Å². The standard InChI is InChI=1S/C22H20N4O5/c1-12-11-15(17-13(2)25-31-21(17)23-12)20(27)24-18-14-5-3-4-6-16(14)30-19(18)22(28)26-7-9-29-10-8-26/h3-6,11H,7-10H2,1-2H3,(H,24,27). The number of carbonyl (C=O) groups excluding carboxylic acids is 2. The van der Waals surface area contributed by atoms with Gasteiger partial charge in [0.25, 0.3) is 17.5 Å². The molecular formula is C22H20N4O5. The highest BCUT2D eigenvalue weighted by Crippen LogP contribution is 2.33. The van der Waals surface area contributed by atoms with Crippen molar-refractivity contribution >= 4 is 39.6 Å². The molecule has 5 rings (SSSR count). The minimum Gasteiger partial charge on any atom is -0.449 e. The van der Waals surface area contributed by atoms with Crippen molar-refractivity contribution in [2.75, 3.05) is 31.6 Å². The number of carbonyl (C=O) groups is 2. The lowest BCUT2D eigenvalue weighted by molar-refractivity contribution is 0.0285. The lowest BCUT2D eigenvalue weighted by atomic mass is 10.1. The fourth-order valence-corrected chi connectivity index (χ4v) is 3.81. The third-order valence-corrected chi connectivity index (χ3v) is 5.32. The van der Waals surface area contributed by atoms with Crippen LogP contribution in [-0.4, -0.2) is 53.2 Å². The number of rotatable bonds is 3. The van der Waals surface area contributed by atoms with Crippen molar-refractivity contribution in [1.82, 2.24) is 15.0 Å². The van der Waals surface area contributed by atoms with Crippen LogP contribution in [0.25, 0.3) is 22.1 Å². The van der Waals surface area contributed by atoms with Crippen LogP contribution in [0.15, 0.2) is 39.3 Å². The Bertz CT molecular complexity index is 1320. The molecule has 0 spiro atoms. The minimum absolute atomic E-state index is 0.0977. The number of nitrogens with zero attached hydrogens (tertiary/aromatic N) is 3. The molecule has 9 heteroatoms. The van der Waals surface area contributed by atoms with Crippen molar-refractivity contribution in [3.8, 4) is 0 Å². The number of hydrogen-bond donors (Lipinski definition) is 1. The van der Waals surface area contributed by atoms with E-state index in [0.717, 1.165) is 0 Å². The van der Waals surface area contributed by atoms with Gasteiger partial charge in [-0.3, -0.25) is 9.59 Å². The molecule has 1 saturated heterocycles. The van der Waals surface area contributed by atoms with Crippen molar-refractivity contribution in [3.63, 3.8) is 0 Å². The summed E-state index contributed by atoms with van der Waals surface area (Å²) >= 11 is 0. The van der Waals surface area contributed by atoms with Crippen LogP contribution in [0.5, 0.6) is 0 Å². The molecule has 1 N–H and O–H groups in total. The summed E-state index contributed by atoms with van der Waals surface area (Å²) in [7, 11) is 0. The third kappa shape index (κ3) is 3.32. The molecule has 2 amide bonds. The molecule has 0 unspecified atom stereocenters. The summed E-state index contributed by atoms with van der Waals surface area (Å²) in [5.41, 5.74) is 2.71. The summed E-state index contributed by atoms with van der Waals surface area (Å²) in [5, 5.41) is 8.01. The fraction of sp³-hybridized carbons (Fsp3) is 0.273. The number of morpholine rings is 1. The van der Waals surface area contributed by atoms with Gasteiger partial charge in [0.2, 0.25) is 5.76 Å². The van der Waals surface area contributed by atoms with E-state index in [-0.39, 0.29) is 11.7 Å². The quantitative estimate of drug-likeness (QED) is 0.541. The number of benzene rings is 1. The van der Waals surface area contributed by atoms with E-state index in [1.807, 2.05) is 18.2 Å². The number of furan rings is 1. The first-order chi connectivity index (χ1) is 15.0. The van der Waals surface area contributed by atoms with Gasteiger partial charge in [0.05, 0.1) is 29.9 Å². The highest BCUT2D eigenvalue weighted by Gasteiger charge is 2.28. The Morgan fingerprint density at radius 2 is 1.90 bits per heavy atom. The minimum atomic E-state index is -0.399. The summed E-state index contributed by atoms with van der Waals surface area (Å²) in [4.78, 5) is 32.5. The maximum atomic E-state index is 13.3. The molecule has 1 aliphatic heterocycles. The van der Waals surface area contributed by atoms with Crippen LogP contribution in [0, 0.1) is 13.8 Å². The fourth-order valence-electron chi connectivity index (χ4n) is 3.81. The highest BCUT2D eigenvalue weighted by atomic mass is 16.5. The average Bonchev–Trinajstić information content (AvgIpc) is 3.34. The summed E-state index contributed by atoms with van der Waals surface area (Å²) in [6.45, 7) is 5.39. The first-order valence-corrected chi connectivity index (χ1v) is 9.96.